The summed E-state index contributed by atoms with van der Waals surface area (Å²) in [6.45, 7) is 2.03. The summed E-state index contributed by atoms with van der Waals surface area (Å²) in [5.41, 5.74) is 4.16. The molecule has 4 aromatic rings. The van der Waals surface area contributed by atoms with Crippen LogP contribution in [0.5, 0.6) is 0 Å². The van der Waals surface area contributed by atoms with Gasteiger partial charge in [-0.15, -0.1) is 0 Å². The molecule has 6 heteroatoms. The molecule has 0 spiro atoms. The first-order chi connectivity index (χ1) is 11.1. The van der Waals surface area contributed by atoms with Crippen molar-refractivity contribution in [3.63, 3.8) is 0 Å². The molecule has 0 aliphatic rings. The molecule has 0 aliphatic heterocycles. The monoisotopic (exact) mass is 307 g/mol. The standard InChI is InChI=1S/C17H14FN5/c1-11-3-5-16-14(7-11)21-17(22(16)2)12-4-6-15(13(18)8-12)23-10-19-9-20-23/h3-10H,1-2H3. The Labute approximate surface area is 132 Å². The zero-order chi connectivity index (χ0) is 16.0. The molecule has 4 rings (SSSR count). The Bertz CT molecular complexity index is 1000. The van der Waals surface area contributed by atoms with Gasteiger partial charge < -0.3 is 4.57 Å². The van der Waals surface area contributed by atoms with Crippen LogP contribution in [0, 0.1) is 12.7 Å². The Morgan fingerprint density at radius 2 is 1.96 bits per heavy atom. The fourth-order valence-electron chi connectivity index (χ4n) is 2.73. The van der Waals surface area contributed by atoms with Gasteiger partial charge in [-0.05, 0) is 42.8 Å². The smallest absolute Gasteiger partial charge is 0.149 e. The molecule has 2 aromatic heterocycles. The maximum Gasteiger partial charge on any atom is 0.149 e. The summed E-state index contributed by atoms with van der Waals surface area (Å²) in [5, 5.41) is 3.96. The topological polar surface area (TPSA) is 48.5 Å². The first kappa shape index (κ1) is 13.6. The van der Waals surface area contributed by atoms with E-state index in [0.29, 0.717) is 5.69 Å². The highest BCUT2D eigenvalue weighted by Crippen LogP contribution is 2.26. The Morgan fingerprint density at radius 1 is 1.09 bits per heavy atom. The minimum absolute atomic E-state index is 0.362. The molecule has 0 N–H and O–H groups in total. The average molecular weight is 307 g/mol. The number of hydrogen-bond acceptors (Lipinski definition) is 3. The van der Waals surface area contributed by atoms with Crippen LogP contribution in [0.15, 0.2) is 49.1 Å². The van der Waals surface area contributed by atoms with E-state index in [4.69, 9.17) is 0 Å². The molecule has 5 nitrogen and oxygen atoms in total. The molecule has 114 valence electrons. The second-order valence-electron chi connectivity index (χ2n) is 5.49. The van der Waals surface area contributed by atoms with Gasteiger partial charge in [0, 0.05) is 12.6 Å². The van der Waals surface area contributed by atoms with E-state index in [1.54, 1.807) is 6.07 Å². The fraction of sp³-hybridized carbons (Fsp3) is 0.118. The lowest BCUT2D eigenvalue weighted by Crippen LogP contribution is -1.99. The number of fused-ring (bicyclic) bond motifs is 1. The van der Waals surface area contributed by atoms with Crippen LogP contribution in [0.25, 0.3) is 28.1 Å². The van der Waals surface area contributed by atoms with Crippen molar-refractivity contribution in [2.75, 3.05) is 0 Å². The summed E-state index contributed by atoms with van der Waals surface area (Å²) in [6, 6.07) is 11.1. The number of hydrogen-bond donors (Lipinski definition) is 0. The highest BCUT2D eigenvalue weighted by atomic mass is 19.1. The van der Waals surface area contributed by atoms with Gasteiger partial charge in [0.05, 0.1) is 11.0 Å². The molecule has 0 radical (unpaired) electrons. The van der Waals surface area contributed by atoms with E-state index in [9.17, 15) is 4.39 Å². The van der Waals surface area contributed by atoms with E-state index in [1.165, 1.54) is 23.4 Å². The van der Waals surface area contributed by atoms with Crippen LogP contribution in [0.4, 0.5) is 4.39 Å². The van der Waals surface area contributed by atoms with E-state index in [-0.39, 0.29) is 5.82 Å². The van der Waals surface area contributed by atoms with Crippen molar-refractivity contribution in [2.45, 2.75) is 6.92 Å². The molecular formula is C17H14FN5. The van der Waals surface area contributed by atoms with Crippen LogP contribution in [0.3, 0.4) is 0 Å². The number of halogens is 1. The molecule has 0 fully saturated rings. The molecule has 23 heavy (non-hydrogen) atoms. The number of aromatic nitrogens is 5. The molecule has 0 amide bonds. The summed E-state index contributed by atoms with van der Waals surface area (Å²) in [7, 11) is 1.93. The molecule has 0 bridgehead atoms. The largest absolute Gasteiger partial charge is 0.327 e. The third kappa shape index (κ3) is 2.19. The maximum atomic E-state index is 14.4. The van der Waals surface area contributed by atoms with Gasteiger partial charge in [-0.2, -0.15) is 5.10 Å². The number of rotatable bonds is 2. The molecule has 2 heterocycles. The van der Waals surface area contributed by atoms with Gasteiger partial charge in [0.2, 0.25) is 0 Å². The first-order valence-electron chi connectivity index (χ1n) is 7.21. The maximum absolute atomic E-state index is 14.4. The molecule has 0 aliphatic carbocycles. The predicted molar refractivity (Wildman–Crippen MR) is 85.8 cm³/mol. The Balaban J connectivity index is 1.85. The molecule has 0 atom stereocenters. The van der Waals surface area contributed by atoms with Crippen LogP contribution < -0.4 is 0 Å². The Hall–Kier alpha value is -3.02. The SMILES string of the molecule is Cc1ccc2c(c1)nc(-c1ccc(-n3cncn3)c(F)c1)n2C. The second-order valence-corrected chi connectivity index (χ2v) is 5.49. The van der Waals surface area contributed by atoms with Crippen LogP contribution >= 0.6 is 0 Å². The van der Waals surface area contributed by atoms with Crippen LogP contribution in [0.1, 0.15) is 5.56 Å². The van der Waals surface area contributed by atoms with Gasteiger partial charge in [-0.1, -0.05) is 6.07 Å². The number of aryl methyl sites for hydroxylation is 2. The van der Waals surface area contributed by atoms with E-state index in [1.807, 2.05) is 42.8 Å². The van der Waals surface area contributed by atoms with Gasteiger partial charge in [0.25, 0.3) is 0 Å². The van der Waals surface area contributed by atoms with Crippen LogP contribution in [0.2, 0.25) is 0 Å². The van der Waals surface area contributed by atoms with E-state index in [0.717, 1.165) is 28.0 Å². The second kappa shape index (κ2) is 5.01. The zero-order valence-electron chi connectivity index (χ0n) is 12.7. The van der Waals surface area contributed by atoms with Crippen molar-refractivity contribution in [1.29, 1.82) is 0 Å². The quantitative estimate of drug-likeness (QED) is 0.571. The normalized spacial score (nSPS) is 11.3. The summed E-state index contributed by atoms with van der Waals surface area (Å²) in [4.78, 5) is 8.48. The summed E-state index contributed by atoms with van der Waals surface area (Å²) in [6.07, 6.45) is 2.84. The van der Waals surface area contributed by atoms with Crippen molar-refractivity contribution in [1.82, 2.24) is 24.3 Å². The average Bonchev–Trinajstić information content (AvgIpc) is 3.15. The highest BCUT2D eigenvalue weighted by Gasteiger charge is 2.13. The molecular weight excluding hydrogens is 293 g/mol. The van der Waals surface area contributed by atoms with E-state index >= 15 is 0 Å². The van der Waals surface area contributed by atoms with E-state index < -0.39 is 0 Å². The lowest BCUT2D eigenvalue weighted by molar-refractivity contribution is 0.611. The van der Waals surface area contributed by atoms with Gasteiger partial charge in [-0.25, -0.2) is 19.0 Å². The summed E-state index contributed by atoms with van der Waals surface area (Å²) < 4.78 is 17.8. The van der Waals surface area contributed by atoms with Crippen molar-refractivity contribution < 1.29 is 4.39 Å². The van der Waals surface area contributed by atoms with Crippen LogP contribution in [-0.2, 0) is 7.05 Å². The molecule has 0 saturated carbocycles. The lowest BCUT2D eigenvalue weighted by atomic mass is 10.2. The predicted octanol–water partition coefficient (Wildman–Crippen LogP) is 3.27. The number of nitrogens with zero attached hydrogens (tertiary/aromatic N) is 5. The Kier molecular flexibility index (Phi) is 2.97. The number of imidazole rings is 1. The van der Waals surface area contributed by atoms with Crippen molar-refractivity contribution in [2.24, 2.45) is 7.05 Å². The fourth-order valence-corrected chi connectivity index (χ4v) is 2.73. The van der Waals surface area contributed by atoms with E-state index in [2.05, 4.69) is 15.1 Å². The third-order valence-electron chi connectivity index (χ3n) is 3.91. The minimum Gasteiger partial charge on any atom is -0.327 e. The van der Waals surface area contributed by atoms with Gasteiger partial charge in [0.1, 0.15) is 30.0 Å². The Morgan fingerprint density at radius 3 is 2.70 bits per heavy atom. The van der Waals surface area contributed by atoms with Crippen molar-refractivity contribution >= 4 is 11.0 Å². The highest BCUT2D eigenvalue weighted by molar-refractivity contribution is 5.81. The van der Waals surface area contributed by atoms with Crippen molar-refractivity contribution in [3.05, 3.63) is 60.4 Å². The third-order valence-corrected chi connectivity index (χ3v) is 3.91. The zero-order valence-corrected chi connectivity index (χ0v) is 12.7. The molecule has 2 aromatic carbocycles. The first-order valence-corrected chi connectivity index (χ1v) is 7.21. The van der Waals surface area contributed by atoms with Crippen LogP contribution in [-0.4, -0.2) is 24.3 Å². The van der Waals surface area contributed by atoms with Gasteiger partial charge in [0.15, 0.2) is 0 Å². The lowest BCUT2D eigenvalue weighted by Gasteiger charge is -2.06. The molecule has 0 saturated heterocycles. The summed E-state index contributed by atoms with van der Waals surface area (Å²) in [5.74, 6) is 0.367. The molecule has 0 unspecified atom stereocenters. The van der Waals surface area contributed by atoms with Crippen molar-refractivity contribution in [3.8, 4) is 17.1 Å². The number of benzene rings is 2. The van der Waals surface area contributed by atoms with Gasteiger partial charge in [-0.3, -0.25) is 0 Å². The summed E-state index contributed by atoms with van der Waals surface area (Å²) >= 11 is 0. The van der Waals surface area contributed by atoms with Gasteiger partial charge >= 0.3 is 0 Å². The minimum atomic E-state index is -0.365.